The predicted molar refractivity (Wildman–Crippen MR) is 108 cm³/mol. The molecule has 0 saturated heterocycles. The second-order valence-electron chi connectivity index (χ2n) is 6.96. The first-order valence-corrected chi connectivity index (χ1v) is 9.40. The number of carbonyl (C=O) groups excluding carboxylic acids is 2. The summed E-state index contributed by atoms with van der Waals surface area (Å²) in [5.74, 6) is 0.915. The Labute approximate surface area is 168 Å². The van der Waals surface area contributed by atoms with Crippen molar-refractivity contribution in [3.63, 3.8) is 0 Å². The number of para-hydroxylation sites is 3. The van der Waals surface area contributed by atoms with Gasteiger partial charge in [0.2, 0.25) is 5.84 Å². The summed E-state index contributed by atoms with van der Waals surface area (Å²) >= 11 is 0. The van der Waals surface area contributed by atoms with Crippen molar-refractivity contribution >= 4 is 23.3 Å². The number of ether oxygens (including phenoxy) is 2. The van der Waals surface area contributed by atoms with Crippen molar-refractivity contribution in [2.24, 2.45) is 4.99 Å². The minimum atomic E-state index is -0.662. The van der Waals surface area contributed by atoms with Gasteiger partial charge in [0.15, 0.2) is 17.6 Å². The van der Waals surface area contributed by atoms with E-state index in [-0.39, 0.29) is 23.8 Å². The lowest BCUT2D eigenvalue weighted by Crippen LogP contribution is -2.58. The van der Waals surface area contributed by atoms with Crippen LogP contribution in [0.2, 0.25) is 0 Å². The van der Waals surface area contributed by atoms with Gasteiger partial charge in [-0.05, 0) is 31.2 Å². The van der Waals surface area contributed by atoms with Crippen molar-refractivity contribution in [2.45, 2.75) is 19.1 Å². The number of nitrogens with one attached hydrogen (secondary N) is 1. The van der Waals surface area contributed by atoms with Crippen LogP contribution in [-0.4, -0.2) is 54.9 Å². The number of nitrogens with zero attached hydrogens (tertiary/aromatic N) is 3. The number of hydrogen-bond donors (Lipinski definition) is 1. The van der Waals surface area contributed by atoms with E-state index in [2.05, 4.69) is 10.4 Å². The van der Waals surface area contributed by atoms with Gasteiger partial charge >= 0.3 is 0 Å². The number of hydrazine groups is 1. The highest BCUT2D eigenvalue weighted by Gasteiger charge is 2.33. The minimum Gasteiger partial charge on any atom is -0.486 e. The van der Waals surface area contributed by atoms with Crippen LogP contribution >= 0.6 is 0 Å². The van der Waals surface area contributed by atoms with E-state index in [1.165, 1.54) is 9.91 Å². The average Bonchev–Trinajstić information content (AvgIpc) is 2.75. The molecule has 4 rings (SSSR count). The topological polar surface area (TPSA) is 83.5 Å². The number of aliphatic imine (C=N–C) groups is 1. The van der Waals surface area contributed by atoms with Crippen molar-refractivity contribution in [3.05, 3.63) is 54.6 Å². The molecule has 0 radical (unpaired) electrons. The molecule has 2 aromatic rings. The van der Waals surface area contributed by atoms with E-state index in [0.29, 0.717) is 30.3 Å². The third-order valence-electron chi connectivity index (χ3n) is 4.73. The highest BCUT2D eigenvalue weighted by molar-refractivity contribution is 6.39. The van der Waals surface area contributed by atoms with Gasteiger partial charge in [-0.1, -0.05) is 30.3 Å². The zero-order valence-electron chi connectivity index (χ0n) is 16.2. The first-order chi connectivity index (χ1) is 14.0. The Morgan fingerprint density at radius 1 is 1.17 bits per heavy atom. The Morgan fingerprint density at radius 2 is 1.86 bits per heavy atom. The SMILES string of the molecule is CC1N=C(C(=O)N(C)CC2COc3ccccc3O2)NN(c2ccccc2)C1=O. The monoisotopic (exact) mass is 394 g/mol. The summed E-state index contributed by atoms with van der Waals surface area (Å²) in [6, 6.07) is 15.9. The van der Waals surface area contributed by atoms with Crippen LogP contribution in [0.15, 0.2) is 59.6 Å². The Bertz CT molecular complexity index is 947. The lowest BCUT2D eigenvalue weighted by atomic mass is 10.2. The number of fused-ring (bicyclic) bond motifs is 1. The quantitative estimate of drug-likeness (QED) is 0.852. The van der Waals surface area contributed by atoms with E-state index >= 15 is 0 Å². The Kier molecular flexibility index (Phi) is 5.07. The van der Waals surface area contributed by atoms with Crippen LogP contribution in [0, 0.1) is 0 Å². The van der Waals surface area contributed by atoms with Crippen LogP contribution < -0.4 is 19.9 Å². The van der Waals surface area contributed by atoms with Crippen molar-refractivity contribution in [1.82, 2.24) is 10.3 Å². The van der Waals surface area contributed by atoms with Crippen LogP contribution in [0.1, 0.15) is 6.92 Å². The normalized spacial score (nSPS) is 20.6. The molecule has 0 saturated carbocycles. The second kappa shape index (κ2) is 7.83. The molecule has 0 aliphatic carbocycles. The highest BCUT2D eigenvalue weighted by atomic mass is 16.6. The number of amides is 2. The van der Waals surface area contributed by atoms with Crippen molar-refractivity contribution in [1.29, 1.82) is 0 Å². The summed E-state index contributed by atoms with van der Waals surface area (Å²) < 4.78 is 11.6. The van der Waals surface area contributed by atoms with E-state index < -0.39 is 6.04 Å². The Morgan fingerprint density at radius 3 is 2.62 bits per heavy atom. The first-order valence-electron chi connectivity index (χ1n) is 9.40. The molecule has 2 aliphatic heterocycles. The largest absolute Gasteiger partial charge is 0.486 e. The van der Waals surface area contributed by atoms with Gasteiger partial charge in [-0.25, -0.2) is 10.0 Å². The standard InChI is InChI=1S/C21H22N4O4/c1-14-20(26)25(15-8-4-3-5-9-15)23-19(22-14)21(27)24(2)12-16-13-28-17-10-6-7-11-18(17)29-16/h3-11,14,16H,12-13H2,1-2H3,(H,22,23). The summed E-state index contributed by atoms with van der Waals surface area (Å²) in [6.07, 6.45) is -0.299. The molecule has 0 bridgehead atoms. The smallest absolute Gasteiger partial charge is 0.290 e. The molecule has 2 aliphatic rings. The Hall–Kier alpha value is -3.55. The van der Waals surface area contributed by atoms with Crippen molar-refractivity contribution in [2.75, 3.05) is 25.2 Å². The van der Waals surface area contributed by atoms with Gasteiger partial charge in [-0.2, -0.15) is 0 Å². The molecule has 0 fully saturated rings. The van der Waals surface area contributed by atoms with Crippen LogP contribution in [0.3, 0.4) is 0 Å². The lowest BCUT2D eigenvalue weighted by Gasteiger charge is -2.33. The third-order valence-corrected chi connectivity index (χ3v) is 4.73. The molecule has 8 heteroatoms. The summed E-state index contributed by atoms with van der Waals surface area (Å²) in [5.41, 5.74) is 3.50. The molecule has 29 heavy (non-hydrogen) atoms. The molecule has 150 valence electrons. The first kappa shape index (κ1) is 18.8. The predicted octanol–water partition coefficient (Wildman–Crippen LogP) is 1.62. The molecule has 8 nitrogen and oxygen atoms in total. The highest BCUT2D eigenvalue weighted by Crippen LogP contribution is 2.31. The fraction of sp³-hybridized carbons (Fsp3) is 0.286. The number of benzene rings is 2. The average molecular weight is 394 g/mol. The van der Waals surface area contributed by atoms with Gasteiger partial charge in [0.05, 0.1) is 12.2 Å². The van der Waals surface area contributed by atoms with Gasteiger partial charge in [0, 0.05) is 7.05 Å². The molecule has 2 heterocycles. The van der Waals surface area contributed by atoms with Crippen LogP contribution in [0.25, 0.3) is 0 Å². The van der Waals surface area contributed by atoms with Gasteiger partial charge in [0.25, 0.3) is 11.8 Å². The number of hydrogen-bond acceptors (Lipinski definition) is 6. The van der Waals surface area contributed by atoms with Crippen LogP contribution in [0.4, 0.5) is 5.69 Å². The van der Waals surface area contributed by atoms with Gasteiger partial charge in [-0.3, -0.25) is 15.0 Å². The fourth-order valence-electron chi connectivity index (χ4n) is 3.22. The zero-order valence-corrected chi connectivity index (χ0v) is 16.2. The molecule has 2 aromatic carbocycles. The van der Waals surface area contributed by atoms with Gasteiger partial charge in [-0.15, -0.1) is 0 Å². The molecule has 0 spiro atoms. The van der Waals surface area contributed by atoms with Crippen molar-refractivity contribution in [3.8, 4) is 11.5 Å². The van der Waals surface area contributed by atoms with Crippen LogP contribution in [-0.2, 0) is 9.59 Å². The van der Waals surface area contributed by atoms with Gasteiger partial charge < -0.3 is 14.4 Å². The third kappa shape index (κ3) is 3.87. The maximum atomic E-state index is 12.9. The molecule has 1 N–H and O–H groups in total. The summed E-state index contributed by atoms with van der Waals surface area (Å²) in [7, 11) is 1.67. The maximum Gasteiger partial charge on any atom is 0.290 e. The minimum absolute atomic E-state index is 0.112. The number of likely N-dealkylation sites (N-methyl/N-ethyl adjacent to an activating group) is 1. The number of carbonyl (C=O) groups is 2. The van der Waals surface area contributed by atoms with E-state index in [9.17, 15) is 9.59 Å². The number of amidine groups is 1. The van der Waals surface area contributed by atoms with Crippen LogP contribution in [0.5, 0.6) is 11.5 Å². The van der Waals surface area contributed by atoms with E-state index in [1.807, 2.05) is 42.5 Å². The molecule has 2 amide bonds. The summed E-state index contributed by atoms with van der Waals surface area (Å²) in [4.78, 5) is 31.2. The van der Waals surface area contributed by atoms with E-state index in [4.69, 9.17) is 9.47 Å². The summed E-state index contributed by atoms with van der Waals surface area (Å²) in [5, 5.41) is 1.36. The Balaban J connectivity index is 1.44. The summed E-state index contributed by atoms with van der Waals surface area (Å²) in [6.45, 7) is 2.34. The molecular weight excluding hydrogens is 372 g/mol. The van der Waals surface area contributed by atoms with E-state index in [1.54, 1.807) is 26.1 Å². The molecular formula is C21H22N4O4. The molecule has 2 unspecified atom stereocenters. The van der Waals surface area contributed by atoms with Gasteiger partial charge in [0.1, 0.15) is 12.6 Å². The van der Waals surface area contributed by atoms with E-state index in [0.717, 1.165) is 0 Å². The van der Waals surface area contributed by atoms with Crippen molar-refractivity contribution < 1.29 is 19.1 Å². The number of rotatable bonds is 4. The lowest BCUT2D eigenvalue weighted by molar-refractivity contribution is -0.124. The maximum absolute atomic E-state index is 12.9. The fourth-order valence-corrected chi connectivity index (χ4v) is 3.22. The number of anilines is 1. The molecule has 0 aromatic heterocycles. The zero-order chi connectivity index (χ0) is 20.4. The molecule has 2 atom stereocenters. The second-order valence-corrected chi connectivity index (χ2v) is 6.96.